The van der Waals surface area contributed by atoms with Crippen molar-refractivity contribution >= 4 is 29.4 Å². The number of halogens is 2. The van der Waals surface area contributed by atoms with Crippen LogP contribution in [0.25, 0.3) is 11.4 Å². The van der Waals surface area contributed by atoms with E-state index < -0.39 is 6.03 Å². The Morgan fingerprint density at radius 1 is 1.10 bits per heavy atom. The Morgan fingerprint density at radius 2 is 1.90 bits per heavy atom. The predicted molar refractivity (Wildman–Crippen MR) is 150 cm³/mol. The standard InChI is InChI=1S/C30H33ClFN5O3/c1-35-28(37-12-11-27(38)34-30(37)39)14-33-29(35)20-7-8-21-16-36(17-22(21)13-20)15-19-5-9-23(10-6-19)40-18-24-25(31)3-2-4-26(24)32/h2-4,7-8,13-14,19,23H,5-6,9-12,15-18H2,1H3,(H,34,38,39). The highest BCUT2D eigenvalue weighted by molar-refractivity contribution is 6.31. The summed E-state index contributed by atoms with van der Waals surface area (Å²) in [7, 11) is 1.89. The van der Waals surface area contributed by atoms with Crippen LogP contribution in [-0.4, -0.2) is 45.6 Å². The smallest absolute Gasteiger partial charge is 0.329 e. The predicted octanol–water partition coefficient (Wildman–Crippen LogP) is 5.42. The van der Waals surface area contributed by atoms with Crippen LogP contribution in [0.3, 0.4) is 0 Å². The first-order valence-electron chi connectivity index (χ1n) is 13.9. The molecule has 0 radical (unpaired) electrons. The molecule has 2 fully saturated rings. The van der Waals surface area contributed by atoms with Crippen LogP contribution >= 0.6 is 11.6 Å². The Morgan fingerprint density at radius 3 is 2.67 bits per heavy atom. The van der Waals surface area contributed by atoms with Crippen LogP contribution in [-0.2, 0) is 36.3 Å². The minimum atomic E-state index is -0.412. The van der Waals surface area contributed by atoms with Crippen molar-refractivity contribution in [3.8, 4) is 11.4 Å². The Kier molecular flexibility index (Phi) is 7.61. The van der Waals surface area contributed by atoms with Gasteiger partial charge in [-0.2, -0.15) is 0 Å². The molecule has 6 rings (SSSR count). The lowest BCUT2D eigenvalue weighted by Gasteiger charge is -2.31. The number of ether oxygens (including phenoxy) is 1. The second kappa shape index (κ2) is 11.3. The quantitative estimate of drug-likeness (QED) is 0.414. The SMILES string of the molecule is Cn1c(N2CCC(=O)NC2=O)cnc1-c1ccc2c(c1)CN(CC1CCC(OCc3c(F)cccc3Cl)CC1)C2. The number of nitrogens with zero attached hydrogens (tertiary/aromatic N) is 4. The van der Waals surface area contributed by atoms with Crippen molar-refractivity contribution in [2.24, 2.45) is 13.0 Å². The maximum Gasteiger partial charge on any atom is 0.329 e. The number of fused-ring (bicyclic) bond motifs is 1. The van der Waals surface area contributed by atoms with E-state index in [1.54, 1.807) is 23.2 Å². The van der Waals surface area contributed by atoms with Crippen LogP contribution in [0, 0.1) is 11.7 Å². The summed E-state index contributed by atoms with van der Waals surface area (Å²) in [4.78, 5) is 32.5. The molecule has 1 saturated heterocycles. The van der Waals surface area contributed by atoms with Crippen LogP contribution < -0.4 is 10.2 Å². The lowest BCUT2D eigenvalue weighted by Crippen LogP contribution is -2.50. The number of carbonyl (C=O) groups excluding carboxylic acids is 2. The molecule has 2 aromatic carbocycles. The lowest BCUT2D eigenvalue weighted by atomic mass is 9.87. The fourth-order valence-corrected chi connectivity index (χ4v) is 6.37. The normalized spacial score (nSPS) is 21.5. The first kappa shape index (κ1) is 26.9. The topological polar surface area (TPSA) is 79.7 Å². The van der Waals surface area contributed by atoms with Crippen molar-refractivity contribution in [3.63, 3.8) is 0 Å². The van der Waals surface area contributed by atoms with E-state index >= 15 is 0 Å². The minimum Gasteiger partial charge on any atom is -0.373 e. The summed E-state index contributed by atoms with van der Waals surface area (Å²) in [5.74, 6) is 1.51. The van der Waals surface area contributed by atoms with E-state index in [2.05, 4.69) is 33.4 Å². The van der Waals surface area contributed by atoms with Crippen molar-refractivity contribution in [3.05, 3.63) is 70.1 Å². The van der Waals surface area contributed by atoms with Crippen molar-refractivity contribution in [2.75, 3.05) is 18.0 Å². The molecule has 8 nitrogen and oxygen atoms in total. The molecule has 1 saturated carbocycles. The van der Waals surface area contributed by atoms with Gasteiger partial charge in [0.05, 0.1) is 18.9 Å². The van der Waals surface area contributed by atoms with Crippen LogP contribution in [0.1, 0.15) is 48.8 Å². The molecule has 2 aliphatic heterocycles. The second-order valence-corrected chi connectivity index (χ2v) is 11.5. The van der Waals surface area contributed by atoms with Gasteiger partial charge in [0.2, 0.25) is 5.91 Å². The van der Waals surface area contributed by atoms with Crippen molar-refractivity contribution in [1.82, 2.24) is 19.8 Å². The number of urea groups is 1. The zero-order chi connectivity index (χ0) is 27.8. The summed E-state index contributed by atoms with van der Waals surface area (Å²) >= 11 is 6.14. The molecular weight excluding hydrogens is 533 g/mol. The number of carbonyl (C=O) groups is 2. The summed E-state index contributed by atoms with van der Waals surface area (Å²) in [6.07, 6.45) is 6.26. The Balaban J connectivity index is 1.03. The largest absolute Gasteiger partial charge is 0.373 e. The summed E-state index contributed by atoms with van der Waals surface area (Å²) in [6, 6.07) is 10.8. The molecule has 1 aromatic heterocycles. The minimum absolute atomic E-state index is 0.143. The molecule has 0 unspecified atom stereocenters. The molecule has 0 bridgehead atoms. The zero-order valence-corrected chi connectivity index (χ0v) is 23.3. The van der Waals surface area contributed by atoms with Gasteiger partial charge in [-0.1, -0.05) is 29.8 Å². The molecule has 40 heavy (non-hydrogen) atoms. The van der Waals surface area contributed by atoms with Gasteiger partial charge in [0, 0.05) is 55.8 Å². The summed E-state index contributed by atoms with van der Waals surface area (Å²) in [5, 5.41) is 2.79. The van der Waals surface area contributed by atoms with Gasteiger partial charge in [-0.15, -0.1) is 0 Å². The molecule has 1 aliphatic carbocycles. The van der Waals surface area contributed by atoms with Crippen molar-refractivity contribution in [2.45, 2.75) is 57.9 Å². The van der Waals surface area contributed by atoms with E-state index in [-0.39, 0.29) is 30.9 Å². The van der Waals surface area contributed by atoms with Gasteiger partial charge in [0.15, 0.2) is 0 Å². The first-order chi connectivity index (χ1) is 19.4. The number of hydrogen-bond acceptors (Lipinski definition) is 5. The fourth-order valence-electron chi connectivity index (χ4n) is 6.15. The van der Waals surface area contributed by atoms with Gasteiger partial charge in [0.25, 0.3) is 0 Å². The molecule has 0 atom stereocenters. The molecule has 0 spiro atoms. The van der Waals surface area contributed by atoms with Crippen LogP contribution in [0.2, 0.25) is 5.02 Å². The zero-order valence-electron chi connectivity index (χ0n) is 22.5. The van der Waals surface area contributed by atoms with E-state index in [0.29, 0.717) is 28.9 Å². The van der Waals surface area contributed by atoms with Gasteiger partial charge < -0.3 is 9.30 Å². The third-order valence-corrected chi connectivity index (χ3v) is 8.74. The molecular formula is C30H33ClFN5O3. The second-order valence-electron chi connectivity index (χ2n) is 11.1. The van der Waals surface area contributed by atoms with E-state index in [0.717, 1.165) is 56.7 Å². The number of hydrogen-bond donors (Lipinski definition) is 1. The van der Waals surface area contributed by atoms with Crippen molar-refractivity contribution in [1.29, 1.82) is 0 Å². The summed E-state index contributed by atoms with van der Waals surface area (Å²) in [6.45, 7) is 3.44. The van der Waals surface area contributed by atoms with Crippen LogP contribution in [0.5, 0.6) is 0 Å². The average Bonchev–Trinajstić information content (AvgIpc) is 3.51. The molecule has 3 amide bonds. The molecule has 10 heteroatoms. The number of aromatic nitrogens is 2. The third kappa shape index (κ3) is 5.50. The highest BCUT2D eigenvalue weighted by Crippen LogP contribution is 2.33. The number of nitrogens with one attached hydrogen (secondary N) is 1. The maximum absolute atomic E-state index is 14.1. The average molecular weight is 566 g/mol. The van der Waals surface area contributed by atoms with Crippen molar-refractivity contribution < 1.29 is 18.7 Å². The van der Waals surface area contributed by atoms with Gasteiger partial charge in [0.1, 0.15) is 17.5 Å². The Labute approximate surface area is 238 Å². The first-order valence-corrected chi connectivity index (χ1v) is 14.3. The highest BCUT2D eigenvalue weighted by Gasteiger charge is 2.29. The van der Waals surface area contributed by atoms with E-state index in [4.69, 9.17) is 16.3 Å². The molecule has 3 aromatic rings. The van der Waals surface area contributed by atoms with E-state index in [1.807, 2.05) is 11.6 Å². The summed E-state index contributed by atoms with van der Waals surface area (Å²) in [5.41, 5.74) is 4.10. The number of benzene rings is 2. The fraction of sp³-hybridized carbons (Fsp3) is 0.433. The summed E-state index contributed by atoms with van der Waals surface area (Å²) < 4.78 is 22.0. The van der Waals surface area contributed by atoms with Gasteiger partial charge in [-0.3, -0.25) is 19.9 Å². The number of imidazole rings is 1. The van der Waals surface area contributed by atoms with Crippen LogP contribution in [0.15, 0.2) is 42.6 Å². The molecule has 1 N–H and O–H groups in total. The number of amides is 3. The molecule has 3 aliphatic rings. The molecule has 210 valence electrons. The van der Waals surface area contributed by atoms with Gasteiger partial charge in [-0.25, -0.2) is 14.2 Å². The van der Waals surface area contributed by atoms with E-state index in [9.17, 15) is 14.0 Å². The Bertz CT molecular complexity index is 1410. The maximum atomic E-state index is 14.1. The number of anilines is 1. The van der Waals surface area contributed by atoms with Gasteiger partial charge in [-0.05, 0) is 60.9 Å². The third-order valence-electron chi connectivity index (χ3n) is 8.38. The van der Waals surface area contributed by atoms with Crippen LogP contribution in [0.4, 0.5) is 15.0 Å². The van der Waals surface area contributed by atoms with E-state index in [1.165, 1.54) is 17.2 Å². The molecule has 3 heterocycles. The highest BCUT2D eigenvalue weighted by atomic mass is 35.5. The van der Waals surface area contributed by atoms with Gasteiger partial charge >= 0.3 is 6.03 Å². The lowest BCUT2D eigenvalue weighted by molar-refractivity contribution is -0.120. The number of rotatable bonds is 7. The Hall–Kier alpha value is -3.27. The monoisotopic (exact) mass is 565 g/mol. The number of imide groups is 1.